The van der Waals surface area contributed by atoms with E-state index >= 15 is 0 Å². The highest BCUT2D eigenvalue weighted by atomic mass is 16.3. The lowest BCUT2D eigenvalue weighted by molar-refractivity contribution is 0.278. The van der Waals surface area contributed by atoms with Gasteiger partial charge in [-0.3, -0.25) is 4.57 Å². The van der Waals surface area contributed by atoms with Crippen LogP contribution in [0, 0.1) is 0 Å². The number of fused-ring (bicyclic) bond motifs is 1. The number of nitrogen functional groups attached to an aromatic ring is 1. The van der Waals surface area contributed by atoms with Crippen molar-refractivity contribution in [3.63, 3.8) is 0 Å². The van der Waals surface area contributed by atoms with E-state index in [-0.39, 0.29) is 13.2 Å². The smallest absolute Gasteiger partial charge is 0.169 e. The fourth-order valence-electron chi connectivity index (χ4n) is 1.29. The van der Waals surface area contributed by atoms with Crippen molar-refractivity contribution >= 4 is 23.2 Å². The van der Waals surface area contributed by atoms with Crippen LogP contribution in [0.3, 0.4) is 0 Å². The SMILES string of the molecule is Nc1ncnc2c1ncn2C=C(CO)CO. The molecule has 2 aromatic rings. The van der Waals surface area contributed by atoms with E-state index in [0.717, 1.165) is 0 Å². The molecule has 0 aliphatic heterocycles. The molecule has 0 saturated carbocycles. The molecule has 0 aliphatic rings. The molecule has 0 amide bonds. The molecule has 16 heavy (non-hydrogen) atoms. The van der Waals surface area contributed by atoms with Gasteiger partial charge in [-0.15, -0.1) is 0 Å². The van der Waals surface area contributed by atoms with Gasteiger partial charge in [0.25, 0.3) is 0 Å². The van der Waals surface area contributed by atoms with Crippen molar-refractivity contribution in [2.45, 2.75) is 0 Å². The molecule has 0 saturated heterocycles. The summed E-state index contributed by atoms with van der Waals surface area (Å²) in [5, 5.41) is 17.9. The Kier molecular flexibility index (Phi) is 2.80. The standard InChI is InChI=1S/C9H11N5O2/c10-8-7-9(12-4-11-8)14(5-13-7)1-6(2-15)3-16/h1,4-5,15-16H,2-3H2,(H2,10,11,12). The molecular formula is C9H11N5O2. The summed E-state index contributed by atoms with van der Waals surface area (Å²) in [5.41, 5.74) is 7.10. The number of aliphatic hydroxyl groups excluding tert-OH is 2. The second-order valence-corrected chi connectivity index (χ2v) is 3.19. The molecule has 0 aliphatic carbocycles. The fourth-order valence-corrected chi connectivity index (χ4v) is 1.29. The molecule has 0 unspecified atom stereocenters. The number of anilines is 1. The Bertz CT molecular complexity index is 528. The monoisotopic (exact) mass is 221 g/mol. The van der Waals surface area contributed by atoms with E-state index in [4.69, 9.17) is 15.9 Å². The topological polar surface area (TPSA) is 110 Å². The van der Waals surface area contributed by atoms with Crippen LogP contribution >= 0.6 is 0 Å². The summed E-state index contributed by atoms with van der Waals surface area (Å²) in [6, 6.07) is 0. The maximum atomic E-state index is 8.93. The first-order valence-electron chi connectivity index (χ1n) is 4.60. The lowest BCUT2D eigenvalue weighted by atomic mass is 10.3. The minimum Gasteiger partial charge on any atom is -0.392 e. The third-order valence-corrected chi connectivity index (χ3v) is 2.11. The minimum absolute atomic E-state index is 0.225. The van der Waals surface area contributed by atoms with Gasteiger partial charge in [-0.2, -0.15) is 0 Å². The van der Waals surface area contributed by atoms with Crippen LogP contribution in [-0.2, 0) is 0 Å². The first-order chi connectivity index (χ1) is 7.76. The van der Waals surface area contributed by atoms with E-state index in [0.29, 0.717) is 22.6 Å². The first-order valence-corrected chi connectivity index (χ1v) is 4.60. The van der Waals surface area contributed by atoms with Crippen LogP contribution in [0.2, 0.25) is 0 Å². The van der Waals surface area contributed by atoms with Crippen LogP contribution < -0.4 is 5.73 Å². The van der Waals surface area contributed by atoms with Gasteiger partial charge in [0.05, 0.1) is 13.2 Å². The van der Waals surface area contributed by atoms with Gasteiger partial charge in [0, 0.05) is 6.20 Å². The molecule has 0 spiro atoms. The van der Waals surface area contributed by atoms with Crippen LogP contribution in [0.5, 0.6) is 0 Å². The molecule has 7 heteroatoms. The predicted molar refractivity (Wildman–Crippen MR) is 58.2 cm³/mol. The van der Waals surface area contributed by atoms with Gasteiger partial charge in [0.15, 0.2) is 17.0 Å². The van der Waals surface area contributed by atoms with Gasteiger partial charge in [-0.1, -0.05) is 0 Å². The van der Waals surface area contributed by atoms with Crippen LogP contribution in [0.4, 0.5) is 5.82 Å². The number of hydrogen-bond donors (Lipinski definition) is 3. The van der Waals surface area contributed by atoms with Crippen molar-refractivity contribution in [2.75, 3.05) is 18.9 Å². The molecule has 4 N–H and O–H groups in total. The summed E-state index contributed by atoms with van der Waals surface area (Å²) in [6.07, 6.45) is 4.39. The summed E-state index contributed by atoms with van der Waals surface area (Å²) < 4.78 is 1.58. The molecule has 84 valence electrons. The van der Waals surface area contributed by atoms with Gasteiger partial charge in [0.2, 0.25) is 0 Å². The number of aliphatic hydroxyl groups is 2. The number of nitrogens with two attached hydrogens (primary N) is 1. The van der Waals surface area contributed by atoms with E-state index in [1.54, 1.807) is 10.8 Å². The summed E-state index contributed by atoms with van der Waals surface area (Å²) in [7, 11) is 0. The van der Waals surface area contributed by atoms with Gasteiger partial charge in [-0.25, -0.2) is 15.0 Å². The minimum atomic E-state index is -0.225. The van der Waals surface area contributed by atoms with Crippen LogP contribution in [0.25, 0.3) is 17.4 Å². The molecule has 7 nitrogen and oxygen atoms in total. The van der Waals surface area contributed by atoms with Crippen molar-refractivity contribution in [3.05, 3.63) is 18.2 Å². The van der Waals surface area contributed by atoms with Gasteiger partial charge in [-0.05, 0) is 5.57 Å². The number of aromatic nitrogens is 4. The number of nitrogens with zero attached hydrogens (tertiary/aromatic N) is 4. The highest BCUT2D eigenvalue weighted by Gasteiger charge is 2.06. The van der Waals surface area contributed by atoms with Crippen molar-refractivity contribution in [1.82, 2.24) is 19.5 Å². The molecule has 2 rings (SSSR count). The van der Waals surface area contributed by atoms with Gasteiger partial charge < -0.3 is 15.9 Å². The molecule has 2 heterocycles. The number of rotatable bonds is 3. The van der Waals surface area contributed by atoms with Gasteiger partial charge in [0.1, 0.15) is 12.7 Å². The third-order valence-electron chi connectivity index (χ3n) is 2.11. The van der Waals surface area contributed by atoms with E-state index in [1.165, 1.54) is 12.7 Å². The Morgan fingerprint density at radius 1 is 1.31 bits per heavy atom. The Labute approximate surface area is 90.9 Å². The lowest BCUT2D eigenvalue weighted by Gasteiger charge is -2.00. The number of imidazole rings is 1. The normalized spacial score (nSPS) is 10.6. The Morgan fingerprint density at radius 3 is 2.75 bits per heavy atom. The Morgan fingerprint density at radius 2 is 2.06 bits per heavy atom. The average Bonchev–Trinajstić information content (AvgIpc) is 2.71. The largest absolute Gasteiger partial charge is 0.392 e. The molecule has 0 fully saturated rings. The van der Waals surface area contributed by atoms with E-state index in [9.17, 15) is 0 Å². The summed E-state index contributed by atoms with van der Waals surface area (Å²) in [4.78, 5) is 11.9. The summed E-state index contributed by atoms with van der Waals surface area (Å²) in [5.74, 6) is 0.298. The highest BCUT2D eigenvalue weighted by Crippen LogP contribution is 2.14. The molecule has 0 aromatic carbocycles. The summed E-state index contributed by atoms with van der Waals surface area (Å²) in [6.45, 7) is -0.451. The van der Waals surface area contributed by atoms with Crippen LogP contribution in [-0.4, -0.2) is 42.9 Å². The predicted octanol–water partition coefficient (Wildman–Crippen LogP) is -0.766. The van der Waals surface area contributed by atoms with Crippen LogP contribution in [0.1, 0.15) is 0 Å². The molecule has 0 bridgehead atoms. The quantitative estimate of drug-likeness (QED) is 0.628. The Hall–Kier alpha value is -1.99. The summed E-state index contributed by atoms with van der Waals surface area (Å²) >= 11 is 0. The zero-order chi connectivity index (χ0) is 11.5. The first kappa shape index (κ1) is 10.5. The van der Waals surface area contributed by atoms with Crippen molar-refractivity contribution in [1.29, 1.82) is 0 Å². The molecule has 0 radical (unpaired) electrons. The second-order valence-electron chi connectivity index (χ2n) is 3.19. The molecule has 0 atom stereocenters. The molecular weight excluding hydrogens is 210 g/mol. The molecule has 2 aromatic heterocycles. The average molecular weight is 221 g/mol. The van der Waals surface area contributed by atoms with Crippen molar-refractivity contribution in [3.8, 4) is 0 Å². The van der Waals surface area contributed by atoms with Crippen molar-refractivity contribution in [2.24, 2.45) is 0 Å². The fraction of sp³-hybridized carbons (Fsp3) is 0.222. The number of hydrogen-bond acceptors (Lipinski definition) is 6. The van der Waals surface area contributed by atoms with E-state index < -0.39 is 0 Å². The zero-order valence-electron chi connectivity index (χ0n) is 8.41. The van der Waals surface area contributed by atoms with Crippen molar-refractivity contribution < 1.29 is 10.2 Å². The maximum absolute atomic E-state index is 8.93. The maximum Gasteiger partial charge on any atom is 0.169 e. The van der Waals surface area contributed by atoms with Gasteiger partial charge >= 0.3 is 0 Å². The zero-order valence-corrected chi connectivity index (χ0v) is 8.41. The lowest BCUT2D eigenvalue weighted by Crippen LogP contribution is -1.99. The Balaban J connectivity index is 2.54. The van der Waals surface area contributed by atoms with Crippen LogP contribution in [0.15, 0.2) is 18.2 Å². The van der Waals surface area contributed by atoms with E-state index in [2.05, 4.69) is 15.0 Å². The second kappa shape index (κ2) is 4.25. The third kappa shape index (κ3) is 1.73. The highest BCUT2D eigenvalue weighted by molar-refractivity contribution is 5.82. The van der Waals surface area contributed by atoms with E-state index in [1.807, 2.05) is 0 Å².